The van der Waals surface area contributed by atoms with E-state index in [1.807, 2.05) is 0 Å². The number of carboxylic acids is 1. The minimum Gasteiger partial charge on any atom is -0.480 e. The van der Waals surface area contributed by atoms with E-state index in [0.29, 0.717) is 9.35 Å². The van der Waals surface area contributed by atoms with Crippen LogP contribution in [0.5, 0.6) is 0 Å². The Morgan fingerprint density at radius 1 is 1.50 bits per heavy atom. The van der Waals surface area contributed by atoms with Crippen LogP contribution in [0.4, 0.5) is 0 Å². The Kier molecular flexibility index (Phi) is 4.52. The minimum absolute atomic E-state index is 0.316. The maximum absolute atomic E-state index is 11.9. The molecule has 88 valence electrons. The molecular formula is C9H9Br2NO3S. The van der Waals surface area contributed by atoms with Crippen LogP contribution in [0.15, 0.2) is 13.6 Å². The van der Waals surface area contributed by atoms with Crippen LogP contribution in [0, 0.1) is 0 Å². The topological polar surface area (TPSA) is 57.6 Å². The van der Waals surface area contributed by atoms with Gasteiger partial charge in [0.05, 0.1) is 13.1 Å². The molecule has 1 unspecified atom stereocenters. The van der Waals surface area contributed by atoms with Crippen LogP contribution in [-0.2, 0) is 4.79 Å². The number of carbonyl (C=O) groups excluding carboxylic acids is 1. The summed E-state index contributed by atoms with van der Waals surface area (Å²) in [5, 5.41) is 8.81. The average Bonchev–Trinajstić information content (AvgIpc) is 2.54. The van der Waals surface area contributed by atoms with E-state index < -0.39 is 12.0 Å². The SMILES string of the molecule is CC(C(=O)O)N(C)C(=O)c1cc(Br)sc1Br. The molecule has 0 fully saturated rings. The normalized spacial score (nSPS) is 12.2. The third kappa shape index (κ3) is 2.83. The standard InChI is InChI=1S/C9H9Br2NO3S/c1-4(9(14)15)12(2)8(13)5-3-6(10)16-7(5)11/h3-4H,1-2H3,(H,14,15). The highest BCUT2D eigenvalue weighted by molar-refractivity contribution is 9.12. The van der Waals surface area contributed by atoms with E-state index in [2.05, 4.69) is 31.9 Å². The van der Waals surface area contributed by atoms with Crippen molar-refractivity contribution in [3.63, 3.8) is 0 Å². The molecule has 0 bridgehead atoms. The van der Waals surface area contributed by atoms with Crippen LogP contribution in [0.2, 0.25) is 0 Å². The number of hydrogen-bond donors (Lipinski definition) is 1. The predicted molar refractivity (Wildman–Crippen MR) is 68.9 cm³/mol. The fraction of sp³-hybridized carbons (Fsp3) is 0.333. The fourth-order valence-electron chi connectivity index (χ4n) is 1.02. The zero-order valence-corrected chi connectivity index (χ0v) is 12.5. The van der Waals surface area contributed by atoms with Gasteiger partial charge in [-0.25, -0.2) is 4.79 Å². The summed E-state index contributed by atoms with van der Waals surface area (Å²) in [4.78, 5) is 23.9. The van der Waals surface area contributed by atoms with E-state index in [1.54, 1.807) is 6.07 Å². The van der Waals surface area contributed by atoms with Crippen LogP contribution in [-0.4, -0.2) is 35.0 Å². The van der Waals surface area contributed by atoms with Crippen LogP contribution < -0.4 is 0 Å². The first-order chi connectivity index (χ1) is 7.34. The number of likely N-dealkylation sites (N-methyl/N-ethyl adjacent to an activating group) is 1. The Balaban J connectivity index is 2.94. The van der Waals surface area contributed by atoms with Crippen molar-refractivity contribution >= 4 is 55.1 Å². The molecule has 0 spiro atoms. The molecule has 16 heavy (non-hydrogen) atoms. The van der Waals surface area contributed by atoms with E-state index in [1.165, 1.54) is 30.2 Å². The third-order valence-corrected chi connectivity index (χ3v) is 4.49. The van der Waals surface area contributed by atoms with Crippen molar-refractivity contribution in [1.82, 2.24) is 4.90 Å². The van der Waals surface area contributed by atoms with Crippen LogP contribution in [0.25, 0.3) is 0 Å². The lowest BCUT2D eigenvalue weighted by atomic mass is 10.2. The second kappa shape index (κ2) is 5.29. The molecule has 0 aliphatic heterocycles. The second-order valence-electron chi connectivity index (χ2n) is 3.17. The third-order valence-electron chi connectivity index (χ3n) is 2.15. The van der Waals surface area contributed by atoms with Crippen molar-refractivity contribution in [1.29, 1.82) is 0 Å². The lowest BCUT2D eigenvalue weighted by Gasteiger charge is -2.21. The van der Waals surface area contributed by atoms with Gasteiger partial charge in [0.15, 0.2) is 0 Å². The largest absolute Gasteiger partial charge is 0.480 e. The molecule has 1 amide bonds. The van der Waals surface area contributed by atoms with Gasteiger partial charge < -0.3 is 10.0 Å². The highest BCUT2D eigenvalue weighted by Gasteiger charge is 2.25. The second-order valence-corrected chi connectivity index (χ2v) is 6.92. The van der Waals surface area contributed by atoms with Crippen LogP contribution in [0.3, 0.4) is 0 Å². The molecule has 1 aromatic rings. The summed E-state index contributed by atoms with van der Waals surface area (Å²) >= 11 is 7.91. The minimum atomic E-state index is -1.03. The van der Waals surface area contributed by atoms with Gasteiger partial charge in [0.25, 0.3) is 5.91 Å². The molecule has 0 aliphatic rings. The molecule has 0 saturated heterocycles. The summed E-state index contributed by atoms with van der Waals surface area (Å²) in [5.41, 5.74) is 0.465. The van der Waals surface area contributed by atoms with Crippen molar-refractivity contribution in [2.75, 3.05) is 7.05 Å². The number of rotatable bonds is 3. The molecule has 1 rings (SSSR count). The van der Waals surface area contributed by atoms with Crippen molar-refractivity contribution in [3.05, 3.63) is 19.2 Å². The summed E-state index contributed by atoms with van der Waals surface area (Å²) < 4.78 is 1.51. The molecule has 0 radical (unpaired) electrons. The molecule has 4 nitrogen and oxygen atoms in total. The van der Waals surface area contributed by atoms with E-state index in [0.717, 1.165) is 3.79 Å². The maximum atomic E-state index is 11.9. The first-order valence-electron chi connectivity index (χ1n) is 4.29. The number of halogens is 2. The van der Waals surface area contributed by atoms with Gasteiger partial charge in [-0.15, -0.1) is 11.3 Å². The van der Waals surface area contributed by atoms with Gasteiger partial charge in [-0.05, 0) is 44.8 Å². The Morgan fingerprint density at radius 2 is 2.06 bits per heavy atom. The Bertz CT molecular complexity index is 432. The average molecular weight is 371 g/mol. The van der Waals surface area contributed by atoms with Gasteiger partial charge in [0, 0.05) is 7.05 Å². The number of carboxylic acid groups (broad SMARTS) is 1. The van der Waals surface area contributed by atoms with E-state index in [9.17, 15) is 9.59 Å². The Morgan fingerprint density at radius 3 is 2.44 bits per heavy atom. The number of aliphatic carboxylic acids is 1. The van der Waals surface area contributed by atoms with Gasteiger partial charge in [-0.1, -0.05) is 0 Å². The maximum Gasteiger partial charge on any atom is 0.326 e. The number of amides is 1. The first kappa shape index (κ1) is 13.7. The van der Waals surface area contributed by atoms with E-state index in [4.69, 9.17) is 5.11 Å². The zero-order chi connectivity index (χ0) is 12.5. The summed E-state index contributed by atoms with van der Waals surface area (Å²) in [6, 6.07) is 0.820. The molecule has 0 aliphatic carbocycles. The highest BCUT2D eigenvalue weighted by atomic mass is 79.9. The number of carbonyl (C=O) groups is 2. The molecule has 1 N–H and O–H groups in total. The molecule has 7 heteroatoms. The van der Waals surface area contributed by atoms with Crippen LogP contribution >= 0.6 is 43.2 Å². The first-order valence-corrected chi connectivity index (χ1v) is 6.69. The van der Waals surface area contributed by atoms with Crippen molar-refractivity contribution < 1.29 is 14.7 Å². The summed E-state index contributed by atoms with van der Waals surface area (Å²) in [6.07, 6.45) is 0. The number of thiophene rings is 1. The van der Waals surface area contributed by atoms with Gasteiger partial charge in [0.2, 0.25) is 0 Å². The predicted octanol–water partition coefficient (Wildman–Crippen LogP) is 2.82. The quantitative estimate of drug-likeness (QED) is 0.889. The summed E-state index contributed by atoms with van der Waals surface area (Å²) in [5.74, 6) is -1.34. The summed E-state index contributed by atoms with van der Waals surface area (Å²) in [6.45, 7) is 1.47. The molecule has 0 aromatic carbocycles. The van der Waals surface area contributed by atoms with Gasteiger partial charge in [-0.3, -0.25) is 4.79 Å². The zero-order valence-electron chi connectivity index (χ0n) is 8.53. The number of nitrogens with zero attached hydrogens (tertiary/aromatic N) is 1. The van der Waals surface area contributed by atoms with Crippen molar-refractivity contribution in [2.24, 2.45) is 0 Å². The van der Waals surface area contributed by atoms with E-state index in [-0.39, 0.29) is 5.91 Å². The van der Waals surface area contributed by atoms with Gasteiger partial charge in [-0.2, -0.15) is 0 Å². The Labute approximate surface area is 114 Å². The highest BCUT2D eigenvalue weighted by Crippen LogP contribution is 2.32. The van der Waals surface area contributed by atoms with Crippen molar-refractivity contribution in [3.8, 4) is 0 Å². The number of hydrogen-bond acceptors (Lipinski definition) is 3. The lowest BCUT2D eigenvalue weighted by molar-refractivity contribution is -0.141. The smallest absolute Gasteiger partial charge is 0.326 e. The van der Waals surface area contributed by atoms with E-state index >= 15 is 0 Å². The van der Waals surface area contributed by atoms with Gasteiger partial charge >= 0.3 is 5.97 Å². The molecule has 1 atom stereocenters. The summed E-state index contributed by atoms with van der Waals surface area (Å²) in [7, 11) is 1.47. The molecular weight excluding hydrogens is 362 g/mol. The Hall–Kier alpha value is -0.400. The van der Waals surface area contributed by atoms with Crippen molar-refractivity contribution in [2.45, 2.75) is 13.0 Å². The lowest BCUT2D eigenvalue weighted by Crippen LogP contribution is -2.40. The monoisotopic (exact) mass is 369 g/mol. The van der Waals surface area contributed by atoms with Gasteiger partial charge in [0.1, 0.15) is 6.04 Å². The molecule has 1 heterocycles. The molecule has 0 saturated carbocycles. The fourth-order valence-corrected chi connectivity index (χ4v) is 3.80. The molecule has 1 aromatic heterocycles. The van der Waals surface area contributed by atoms with Crippen LogP contribution in [0.1, 0.15) is 17.3 Å².